The van der Waals surface area contributed by atoms with Crippen molar-refractivity contribution in [3.8, 4) is 5.75 Å². The molecule has 34 heavy (non-hydrogen) atoms. The summed E-state index contributed by atoms with van der Waals surface area (Å²) >= 11 is 5.92. The Morgan fingerprint density at radius 3 is 2.41 bits per heavy atom. The number of amides is 1. The highest BCUT2D eigenvalue weighted by molar-refractivity contribution is 7.89. The molecule has 8 nitrogen and oxygen atoms in total. The van der Waals surface area contributed by atoms with Gasteiger partial charge >= 0.3 is 0 Å². The van der Waals surface area contributed by atoms with Gasteiger partial charge in [-0.25, -0.2) is 8.42 Å². The van der Waals surface area contributed by atoms with Crippen molar-refractivity contribution in [3.05, 3.63) is 53.1 Å². The molecule has 0 saturated carbocycles. The number of hydrogen-bond donors (Lipinski definition) is 1. The van der Waals surface area contributed by atoms with Crippen LogP contribution in [0.25, 0.3) is 0 Å². The van der Waals surface area contributed by atoms with Gasteiger partial charge in [0.1, 0.15) is 6.10 Å². The van der Waals surface area contributed by atoms with Crippen molar-refractivity contribution in [3.63, 3.8) is 0 Å². The van der Waals surface area contributed by atoms with E-state index in [4.69, 9.17) is 16.3 Å². The summed E-state index contributed by atoms with van der Waals surface area (Å²) in [6.07, 6.45) is -0.548. The molecule has 2 aromatic carbocycles. The minimum atomic E-state index is -3.78. The van der Waals surface area contributed by atoms with Crippen LogP contribution in [0, 0.1) is 5.92 Å². The highest BCUT2D eigenvalue weighted by Crippen LogP contribution is 2.36. The van der Waals surface area contributed by atoms with Gasteiger partial charge in [0, 0.05) is 38.6 Å². The first kappa shape index (κ1) is 26.3. The van der Waals surface area contributed by atoms with E-state index in [1.54, 1.807) is 24.0 Å². The Balaban J connectivity index is 2.01. The molecule has 3 atom stereocenters. The first-order valence-electron chi connectivity index (χ1n) is 11.1. The summed E-state index contributed by atoms with van der Waals surface area (Å²) in [7, 11) is 1.43. The average molecular weight is 510 g/mol. The van der Waals surface area contributed by atoms with E-state index in [1.807, 2.05) is 32.0 Å². The van der Waals surface area contributed by atoms with Gasteiger partial charge in [-0.3, -0.25) is 4.79 Å². The van der Waals surface area contributed by atoms with Gasteiger partial charge in [-0.05, 0) is 43.3 Å². The quantitative estimate of drug-likeness (QED) is 0.617. The Hall–Kier alpha value is -2.33. The standard InChI is InChI=1S/C24H32ClN3O5S/c1-16-13-28(17(2)15-29)24(30)20-7-6-8-21(26(3)4)23(20)33-22(16)14-27(5)34(31,32)19-11-9-18(25)10-12-19/h6-12,16-17,22,29H,13-15H2,1-5H3/t16-,17+,22+/m1/s1. The molecule has 0 saturated heterocycles. The molecule has 10 heteroatoms. The van der Waals surface area contributed by atoms with Gasteiger partial charge in [0.15, 0.2) is 5.75 Å². The SMILES string of the molecule is C[C@@H]1CN([C@@H](C)CO)C(=O)c2cccc(N(C)C)c2O[C@H]1CN(C)S(=O)(=O)c1ccc(Cl)cc1. The Kier molecular flexibility index (Phi) is 8.13. The van der Waals surface area contributed by atoms with Crippen LogP contribution in [-0.2, 0) is 10.0 Å². The van der Waals surface area contributed by atoms with Crippen LogP contribution in [0.3, 0.4) is 0 Å². The number of hydrogen-bond acceptors (Lipinski definition) is 6. The van der Waals surface area contributed by atoms with Crippen LogP contribution >= 0.6 is 11.6 Å². The predicted octanol–water partition coefficient (Wildman–Crippen LogP) is 2.95. The number of fused-ring (bicyclic) bond motifs is 1. The fourth-order valence-corrected chi connectivity index (χ4v) is 5.25. The van der Waals surface area contributed by atoms with Gasteiger partial charge in [0.25, 0.3) is 5.91 Å². The van der Waals surface area contributed by atoms with E-state index in [2.05, 4.69) is 0 Å². The largest absolute Gasteiger partial charge is 0.486 e. The van der Waals surface area contributed by atoms with Crippen molar-refractivity contribution >= 4 is 33.2 Å². The molecule has 1 aliphatic heterocycles. The van der Waals surface area contributed by atoms with E-state index >= 15 is 0 Å². The Bertz CT molecular complexity index is 1120. The summed E-state index contributed by atoms with van der Waals surface area (Å²) in [5.74, 6) is -0.0432. The third-order valence-electron chi connectivity index (χ3n) is 6.11. The molecule has 1 amide bonds. The number of sulfonamides is 1. The monoisotopic (exact) mass is 509 g/mol. The van der Waals surface area contributed by atoms with E-state index in [0.29, 0.717) is 28.6 Å². The van der Waals surface area contributed by atoms with E-state index < -0.39 is 22.2 Å². The summed E-state index contributed by atoms with van der Waals surface area (Å²) in [6, 6.07) is 11.0. The first-order valence-corrected chi connectivity index (χ1v) is 12.9. The van der Waals surface area contributed by atoms with Gasteiger partial charge in [0.05, 0.1) is 35.3 Å². The van der Waals surface area contributed by atoms with Crippen LogP contribution in [0.2, 0.25) is 5.02 Å². The van der Waals surface area contributed by atoms with Crippen LogP contribution < -0.4 is 9.64 Å². The Morgan fingerprint density at radius 2 is 1.82 bits per heavy atom. The highest BCUT2D eigenvalue weighted by Gasteiger charge is 2.36. The van der Waals surface area contributed by atoms with Crippen molar-refractivity contribution < 1.29 is 23.1 Å². The maximum Gasteiger partial charge on any atom is 0.258 e. The maximum absolute atomic E-state index is 13.4. The zero-order valence-electron chi connectivity index (χ0n) is 20.1. The van der Waals surface area contributed by atoms with Crippen LogP contribution in [0.15, 0.2) is 47.4 Å². The number of nitrogens with zero attached hydrogens (tertiary/aromatic N) is 3. The van der Waals surface area contributed by atoms with Crippen LogP contribution in [0.5, 0.6) is 5.75 Å². The lowest BCUT2D eigenvalue weighted by Gasteiger charge is -2.38. The third kappa shape index (κ3) is 5.33. The number of anilines is 1. The second kappa shape index (κ2) is 10.5. The lowest BCUT2D eigenvalue weighted by atomic mass is 9.99. The Morgan fingerprint density at radius 1 is 1.18 bits per heavy atom. The summed E-state index contributed by atoms with van der Waals surface area (Å²) in [4.78, 5) is 17.0. The molecule has 1 N–H and O–H groups in total. The van der Waals surface area contributed by atoms with E-state index in [0.717, 1.165) is 0 Å². The molecule has 1 heterocycles. The number of likely N-dealkylation sites (N-methyl/N-ethyl adjacent to an activating group) is 1. The number of para-hydroxylation sites is 1. The summed E-state index contributed by atoms with van der Waals surface area (Å²) in [5, 5.41) is 10.2. The number of ether oxygens (including phenoxy) is 1. The number of benzene rings is 2. The van der Waals surface area contributed by atoms with E-state index in [-0.39, 0.29) is 29.9 Å². The minimum absolute atomic E-state index is 0.0723. The molecular weight excluding hydrogens is 478 g/mol. The molecule has 186 valence electrons. The highest BCUT2D eigenvalue weighted by atomic mass is 35.5. The molecule has 0 fully saturated rings. The number of aliphatic hydroxyl groups excluding tert-OH is 1. The normalized spacial score (nSPS) is 19.8. The number of aliphatic hydroxyl groups is 1. The molecule has 3 rings (SSSR count). The molecule has 1 aliphatic rings. The minimum Gasteiger partial charge on any atom is -0.486 e. The molecule has 0 unspecified atom stereocenters. The second-order valence-corrected chi connectivity index (χ2v) is 11.4. The van der Waals surface area contributed by atoms with Crippen molar-refractivity contribution in [1.82, 2.24) is 9.21 Å². The zero-order valence-corrected chi connectivity index (χ0v) is 21.7. The van der Waals surface area contributed by atoms with E-state index in [9.17, 15) is 18.3 Å². The fraction of sp³-hybridized carbons (Fsp3) is 0.458. The topological polar surface area (TPSA) is 90.4 Å². The molecule has 0 aromatic heterocycles. The number of carbonyl (C=O) groups excluding carboxylic acids is 1. The van der Waals surface area contributed by atoms with Gasteiger partial charge < -0.3 is 19.6 Å². The summed E-state index contributed by atoms with van der Waals surface area (Å²) < 4.78 is 34.1. The number of rotatable bonds is 7. The molecule has 0 radical (unpaired) electrons. The van der Waals surface area contributed by atoms with Gasteiger partial charge in [0.2, 0.25) is 10.0 Å². The lowest BCUT2D eigenvalue weighted by Crippen LogP contribution is -2.50. The van der Waals surface area contributed by atoms with E-state index in [1.165, 1.54) is 35.6 Å². The van der Waals surface area contributed by atoms with Crippen LogP contribution in [0.4, 0.5) is 5.69 Å². The first-order chi connectivity index (χ1) is 16.0. The fourth-order valence-electron chi connectivity index (χ4n) is 3.94. The van der Waals surface area contributed by atoms with Crippen molar-refractivity contribution in [2.75, 3.05) is 45.7 Å². The van der Waals surface area contributed by atoms with Crippen LogP contribution in [0.1, 0.15) is 24.2 Å². The third-order valence-corrected chi connectivity index (χ3v) is 8.20. The van der Waals surface area contributed by atoms with Gasteiger partial charge in [-0.15, -0.1) is 0 Å². The summed E-state index contributed by atoms with van der Waals surface area (Å²) in [5.41, 5.74) is 1.09. The maximum atomic E-state index is 13.4. The van der Waals surface area contributed by atoms with Crippen molar-refractivity contribution in [2.45, 2.75) is 30.9 Å². The molecular formula is C24H32ClN3O5S. The average Bonchev–Trinajstić information content (AvgIpc) is 2.80. The zero-order chi connectivity index (χ0) is 25.2. The van der Waals surface area contributed by atoms with Gasteiger partial charge in [-0.2, -0.15) is 4.31 Å². The molecule has 0 spiro atoms. The molecule has 0 bridgehead atoms. The Labute approximate surface area is 206 Å². The van der Waals surface area contributed by atoms with Crippen molar-refractivity contribution in [1.29, 1.82) is 0 Å². The number of halogens is 1. The predicted molar refractivity (Wildman–Crippen MR) is 133 cm³/mol. The van der Waals surface area contributed by atoms with Gasteiger partial charge in [-0.1, -0.05) is 24.6 Å². The molecule has 2 aromatic rings. The lowest BCUT2D eigenvalue weighted by molar-refractivity contribution is 0.0388. The number of carbonyl (C=O) groups is 1. The molecule has 0 aliphatic carbocycles. The second-order valence-electron chi connectivity index (χ2n) is 8.91. The smallest absolute Gasteiger partial charge is 0.258 e. The van der Waals surface area contributed by atoms with Crippen molar-refractivity contribution in [2.24, 2.45) is 5.92 Å². The summed E-state index contributed by atoms with van der Waals surface area (Å²) in [6.45, 7) is 3.90. The van der Waals surface area contributed by atoms with Crippen LogP contribution in [-0.4, -0.2) is 81.6 Å².